The van der Waals surface area contributed by atoms with Crippen LogP contribution in [-0.4, -0.2) is 51.4 Å². The summed E-state index contributed by atoms with van der Waals surface area (Å²) in [6, 6.07) is 2.28. The number of aromatic hydroxyl groups is 3. The molecule has 5 saturated carbocycles. The maximum Gasteiger partial charge on any atom is 0.251 e. The van der Waals surface area contributed by atoms with Gasteiger partial charge in [0, 0.05) is 18.7 Å². The van der Waals surface area contributed by atoms with Crippen LogP contribution in [0.5, 0.6) is 17.2 Å². The zero-order valence-corrected chi connectivity index (χ0v) is 33.3. The number of benzene rings is 1. The number of rotatable bonds is 11. The van der Waals surface area contributed by atoms with Crippen molar-refractivity contribution in [3.8, 4) is 17.2 Å². The fourth-order valence-corrected chi connectivity index (χ4v) is 14.0. The van der Waals surface area contributed by atoms with Crippen LogP contribution in [0.15, 0.2) is 12.1 Å². The van der Waals surface area contributed by atoms with E-state index in [2.05, 4.69) is 59.1 Å². The number of aliphatic hydroxyl groups is 1. The number of nitrogens with one attached hydrogen (secondary N) is 2. The molecule has 1 aromatic carbocycles. The van der Waals surface area contributed by atoms with E-state index >= 15 is 0 Å². The lowest BCUT2D eigenvalue weighted by Gasteiger charge is -2.73. The predicted molar refractivity (Wildman–Crippen MR) is 205 cm³/mol. The van der Waals surface area contributed by atoms with Gasteiger partial charge in [-0.15, -0.1) is 0 Å². The summed E-state index contributed by atoms with van der Waals surface area (Å²) in [6.07, 6.45) is 16.0. The van der Waals surface area contributed by atoms with Crippen LogP contribution < -0.4 is 10.6 Å². The lowest BCUT2D eigenvalue weighted by Crippen LogP contribution is -2.67. The minimum Gasteiger partial charge on any atom is -0.504 e. The van der Waals surface area contributed by atoms with Crippen molar-refractivity contribution in [3.63, 3.8) is 0 Å². The normalized spacial score (nSPS) is 39.2. The fraction of sp³-hybridized carbons (Fsp3) is 0.818. The van der Waals surface area contributed by atoms with Crippen LogP contribution in [0.3, 0.4) is 0 Å². The monoisotopic (exact) mass is 723 g/mol. The Hall–Kier alpha value is -2.48. The Morgan fingerprint density at radius 3 is 2.02 bits per heavy atom. The molecule has 10 atom stereocenters. The first-order valence-electron chi connectivity index (χ1n) is 20.9. The molecule has 5 aliphatic carbocycles. The highest BCUT2D eigenvalue weighted by atomic mass is 16.3. The van der Waals surface area contributed by atoms with Crippen molar-refractivity contribution in [1.29, 1.82) is 0 Å². The topological polar surface area (TPSA) is 139 Å². The van der Waals surface area contributed by atoms with E-state index in [0.717, 1.165) is 76.3 Å². The maximum atomic E-state index is 14.4. The van der Waals surface area contributed by atoms with E-state index in [4.69, 9.17) is 0 Å². The van der Waals surface area contributed by atoms with E-state index in [1.165, 1.54) is 32.1 Å². The number of phenols is 3. The number of fused-ring (bicyclic) bond motifs is 7. The Kier molecular flexibility index (Phi) is 10.8. The standard InChI is InChI=1S/C44H70N2O6/c1-27(2)29-15-20-44(39(52)46-24-12-10-8-9-11-23-45-38(51)28-25-31(47)37(50)32(48)26-28)22-21-42(6)30(36(29)44)13-14-34-41(5)18-17-35(49)40(3,4)33(41)16-19-43(34,42)7/h25-27,29-30,33-36,47-50H,8-24H2,1-7H3,(H,45,51)(H,46,52)/t29-,30?,33?,34?,35-,36?,41-,42+,43+,44-/m0/s1. The van der Waals surface area contributed by atoms with Crippen LogP contribution in [-0.2, 0) is 4.79 Å². The average molecular weight is 723 g/mol. The molecule has 2 amide bonds. The van der Waals surface area contributed by atoms with Crippen molar-refractivity contribution in [2.45, 2.75) is 151 Å². The summed E-state index contributed by atoms with van der Waals surface area (Å²) in [6.45, 7) is 18.6. The van der Waals surface area contributed by atoms with Gasteiger partial charge in [0.25, 0.3) is 5.91 Å². The Morgan fingerprint density at radius 1 is 0.731 bits per heavy atom. The molecule has 0 radical (unpaired) electrons. The molecule has 0 aromatic heterocycles. The van der Waals surface area contributed by atoms with Crippen molar-refractivity contribution >= 4 is 11.8 Å². The number of unbranched alkanes of at least 4 members (excludes halogenated alkanes) is 4. The molecule has 0 aliphatic heterocycles. The number of amides is 2. The molecule has 292 valence electrons. The summed E-state index contributed by atoms with van der Waals surface area (Å²) in [7, 11) is 0. The fourth-order valence-electron chi connectivity index (χ4n) is 14.0. The van der Waals surface area contributed by atoms with Gasteiger partial charge in [-0.05, 0) is 146 Å². The van der Waals surface area contributed by atoms with Crippen molar-refractivity contribution in [1.82, 2.24) is 10.6 Å². The SMILES string of the molecule is CC(C)[C@@H]1CC[C@]2(C(=O)NCCCCCCCNC(=O)c3cc(O)c(O)c(O)c3)CC[C@]3(C)C(CCC4[C@@]5(C)CC[C@H](O)C(C)(C)C5CC[C@]43C)C12. The van der Waals surface area contributed by atoms with Crippen LogP contribution in [0, 0.1) is 62.6 Å². The van der Waals surface area contributed by atoms with Gasteiger partial charge in [0.15, 0.2) is 17.2 Å². The molecule has 5 fully saturated rings. The maximum absolute atomic E-state index is 14.4. The second kappa shape index (κ2) is 14.3. The van der Waals surface area contributed by atoms with Gasteiger partial charge >= 0.3 is 0 Å². The van der Waals surface area contributed by atoms with Crippen LogP contribution in [0.25, 0.3) is 0 Å². The van der Waals surface area contributed by atoms with Gasteiger partial charge in [-0.1, -0.05) is 67.7 Å². The van der Waals surface area contributed by atoms with E-state index in [-0.39, 0.29) is 38.7 Å². The Labute approximate surface area is 313 Å². The predicted octanol–water partition coefficient (Wildman–Crippen LogP) is 8.70. The molecular formula is C44H70N2O6. The van der Waals surface area contributed by atoms with E-state index in [9.17, 15) is 30.0 Å². The summed E-state index contributed by atoms with van der Waals surface area (Å²) in [5.41, 5.74) is 0.564. The van der Waals surface area contributed by atoms with E-state index in [0.29, 0.717) is 54.5 Å². The summed E-state index contributed by atoms with van der Waals surface area (Å²) in [4.78, 5) is 26.8. The zero-order chi connectivity index (χ0) is 37.9. The van der Waals surface area contributed by atoms with E-state index < -0.39 is 23.2 Å². The summed E-state index contributed by atoms with van der Waals surface area (Å²) >= 11 is 0. The van der Waals surface area contributed by atoms with Crippen molar-refractivity contribution < 1.29 is 30.0 Å². The van der Waals surface area contributed by atoms with Gasteiger partial charge in [0.2, 0.25) is 5.91 Å². The quantitative estimate of drug-likeness (QED) is 0.0998. The van der Waals surface area contributed by atoms with Crippen molar-refractivity contribution in [2.24, 2.45) is 62.6 Å². The molecule has 0 bridgehead atoms. The van der Waals surface area contributed by atoms with Gasteiger partial charge in [-0.2, -0.15) is 0 Å². The van der Waals surface area contributed by atoms with Gasteiger partial charge in [0.05, 0.1) is 11.5 Å². The first kappa shape index (κ1) is 39.2. The Bertz CT molecular complexity index is 1470. The van der Waals surface area contributed by atoms with E-state index in [1.807, 2.05) is 0 Å². The molecule has 0 heterocycles. The molecule has 8 heteroatoms. The van der Waals surface area contributed by atoms with E-state index in [1.54, 1.807) is 0 Å². The van der Waals surface area contributed by atoms with Crippen LogP contribution in [0.1, 0.15) is 155 Å². The molecular weight excluding hydrogens is 652 g/mol. The molecule has 5 aliphatic rings. The molecule has 6 rings (SSSR count). The number of aliphatic hydroxyl groups excluding tert-OH is 1. The largest absolute Gasteiger partial charge is 0.504 e. The first-order valence-corrected chi connectivity index (χ1v) is 20.9. The lowest BCUT2D eigenvalue weighted by molar-refractivity contribution is -0.248. The summed E-state index contributed by atoms with van der Waals surface area (Å²) in [5, 5.41) is 46.2. The highest BCUT2D eigenvalue weighted by Crippen LogP contribution is 2.77. The number of carbonyl (C=O) groups excluding carboxylic acids is 2. The molecule has 0 saturated heterocycles. The van der Waals surface area contributed by atoms with Crippen LogP contribution in [0.4, 0.5) is 0 Å². The number of phenolic OH excluding ortho intramolecular Hbond substituents is 3. The van der Waals surface area contributed by atoms with Gasteiger partial charge in [-0.25, -0.2) is 0 Å². The van der Waals surface area contributed by atoms with Gasteiger partial charge < -0.3 is 31.1 Å². The number of hydrogen-bond acceptors (Lipinski definition) is 6. The number of carbonyl (C=O) groups is 2. The zero-order valence-electron chi connectivity index (χ0n) is 33.3. The van der Waals surface area contributed by atoms with Crippen molar-refractivity contribution in [3.05, 3.63) is 17.7 Å². The third-order valence-corrected chi connectivity index (χ3v) is 17.0. The third kappa shape index (κ3) is 6.23. The molecule has 0 spiro atoms. The lowest BCUT2D eigenvalue weighted by atomic mass is 9.32. The third-order valence-electron chi connectivity index (χ3n) is 17.0. The Morgan fingerprint density at radius 2 is 1.37 bits per heavy atom. The summed E-state index contributed by atoms with van der Waals surface area (Å²) in [5.74, 6) is 1.67. The highest BCUT2D eigenvalue weighted by molar-refractivity contribution is 5.95. The number of hydrogen-bond donors (Lipinski definition) is 6. The van der Waals surface area contributed by atoms with Crippen LogP contribution >= 0.6 is 0 Å². The van der Waals surface area contributed by atoms with Gasteiger partial charge in [-0.3, -0.25) is 9.59 Å². The highest BCUT2D eigenvalue weighted by Gasteiger charge is 2.71. The van der Waals surface area contributed by atoms with Gasteiger partial charge in [0.1, 0.15) is 0 Å². The molecule has 1 aromatic rings. The summed E-state index contributed by atoms with van der Waals surface area (Å²) < 4.78 is 0. The average Bonchev–Trinajstić information content (AvgIpc) is 3.49. The minimum atomic E-state index is -0.632. The first-order chi connectivity index (χ1) is 24.4. The molecule has 4 unspecified atom stereocenters. The second-order valence-corrected chi connectivity index (χ2v) is 19.8. The molecule has 52 heavy (non-hydrogen) atoms. The second-order valence-electron chi connectivity index (χ2n) is 19.8. The Balaban J connectivity index is 1.04. The van der Waals surface area contributed by atoms with Crippen molar-refractivity contribution in [2.75, 3.05) is 13.1 Å². The molecule has 8 nitrogen and oxygen atoms in total. The minimum absolute atomic E-state index is 0.0359. The molecule has 6 N–H and O–H groups in total. The smallest absolute Gasteiger partial charge is 0.251 e. The van der Waals surface area contributed by atoms with Crippen LogP contribution in [0.2, 0.25) is 0 Å².